The topological polar surface area (TPSA) is 91.1 Å². The number of non-ortho nitro benzene ring substituents is 1. The Bertz CT molecular complexity index is 1310. The van der Waals surface area contributed by atoms with Crippen LogP contribution in [-0.4, -0.2) is 43.1 Å². The molecule has 4 rings (SSSR count). The number of nitro groups is 1. The van der Waals surface area contributed by atoms with Crippen LogP contribution in [0.5, 0.6) is 17.2 Å². The van der Waals surface area contributed by atoms with Crippen molar-refractivity contribution in [3.8, 4) is 17.2 Å². The summed E-state index contributed by atoms with van der Waals surface area (Å²) in [6.07, 6.45) is 0.564. The Balaban J connectivity index is 1.76. The van der Waals surface area contributed by atoms with E-state index in [2.05, 4.69) is 6.07 Å². The minimum absolute atomic E-state index is 0.0752. The number of hydrogen-bond acceptors (Lipinski definition) is 6. The van der Waals surface area contributed by atoms with Crippen molar-refractivity contribution in [2.45, 2.75) is 26.3 Å². The van der Waals surface area contributed by atoms with E-state index in [-0.39, 0.29) is 22.9 Å². The van der Waals surface area contributed by atoms with E-state index in [1.807, 2.05) is 38.1 Å². The highest BCUT2D eigenvalue weighted by Gasteiger charge is 2.34. The second kappa shape index (κ2) is 10.5. The molecule has 0 bridgehead atoms. The van der Waals surface area contributed by atoms with E-state index in [0.717, 1.165) is 22.3 Å². The smallest absolute Gasteiger partial charge is 0.270 e. The summed E-state index contributed by atoms with van der Waals surface area (Å²) in [5.41, 5.74) is 3.88. The van der Waals surface area contributed by atoms with Gasteiger partial charge in [-0.1, -0.05) is 17.7 Å². The Morgan fingerprint density at radius 1 is 1.06 bits per heavy atom. The van der Waals surface area contributed by atoms with Gasteiger partial charge in [0.2, 0.25) is 0 Å². The lowest BCUT2D eigenvalue weighted by Gasteiger charge is -2.37. The molecule has 1 amide bonds. The van der Waals surface area contributed by atoms with Gasteiger partial charge in [0.25, 0.3) is 11.6 Å². The van der Waals surface area contributed by atoms with Gasteiger partial charge in [0.05, 0.1) is 35.8 Å². The van der Waals surface area contributed by atoms with Crippen molar-refractivity contribution in [3.63, 3.8) is 0 Å². The minimum atomic E-state index is -0.545. The Morgan fingerprint density at radius 2 is 1.72 bits per heavy atom. The number of nitrogens with zero attached hydrogens (tertiary/aromatic N) is 2. The molecule has 1 atom stereocenters. The van der Waals surface area contributed by atoms with Gasteiger partial charge in [-0.25, -0.2) is 0 Å². The summed E-state index contributed by atoms with van der Waals surface area (Å²) in [7, 11) is 3.13. The molecule has 0 saturated heterocycles. The van der Waals surface area contributed by atoms with Gasteiger partial charge >= 0.3 is 0 Å². The molecule has 0 radical (unpaired) electrons. The van der Waals surface area contributed by atoms with Crippen LogP contribution in [0, 0.1) is 24.0 Å². The molecule has 0 aliphatic carbocycles. The molecule has 8 nitrogen and oxygen atoms in total. The fourth-order valence-electron chi connectivity index (χ4n) is 4.59. The number of nitro benzene ring substituents is 1. The van der Waals surface area contributed by atoms with Crippen molar-refractivity contribution in [3.05, 3.63) is 91.5 Å². The molecule has 9 heteroatoms. The third kappa shape index (κ3) is 5.09. The molecule has 1 aliphatic heterocycles. The van der Waals surface area contributed by atoms with Crippen molar-refractivity contribution in [2.75, 3.05) is 27.4 Å². The Morgan fingerprint density at radius 3 is 2.36 bits per heavy atom. The number of rotatable bonds is 7. The molecule has 1 heterocycles. The molecular weight excluding hydrogens is 484 g/mol. The van der Waals surface area contributed by atoms with Gasteiger partial charge in [0.1, 0.15) is 12.4 Å². The predicted molar refractivity (Wildman–Crippen MR) is 137 cm³/mol. The molecule has 0 aromatic heterocycles. The van der Waals surface area contributed by atoms with E-state index in [9.17, 15) is 14.9 Å². The summed E-state index contributed by atoms with van der Waals surface area (Å²) in [5.74, 6) is 1.43. The summed E-state index contributed by atoms with van der Waals surface area (Å²) in [6, 6.07) is 13.1. The zero-order chi connectivity index (χ0) is 26.0. The number of ether oxygens (including phenoxy) is 3. The van der Waals surface area contributed by atoms with E-state index in [4.69, 9.17) is 25.8 Å². The first-order valence-electron chi connectivity index (χ1n) is 11.4. The Labute approximate surface area is 214 Å². The summed E-state index contributed by atoms with van der Waals surface area (Å²) >= 11 is 6.32. The zero-order valence-electron chi connectivity index (χ0n) is 20.5. The number of fused-ring (bicyclic) bond motifs is 1. The second-order valence-electron chi connectivity index (χ2n) is 8.73. The standard InChI is InChI=1S/C27H27ClN2O6/c1-16-9-17(2)11-20(10-16)36-15-24-21-14-26(35-4)25(34-3)12-18(21)7-8-29(24)27(31)22-13-19(30(32)33)5-6-23(22)28/h5-6,9-14,24H,7-8,15H2,1-4H3. The molecule has 36 heavy (non-hydrogen) atoms. The maximum absolute atomic E-state index is 13.7. The lowest BCUT2D eigenvalue weighted by atomic mass is 9.91. The van der Waals surface area contributed by atoms with Crippen LogP contribution in [0.15, 0.2) is 48.5 Å². The van der Waals surface area contributed by atoms with Crippen LogP contribution < -0.4 is 14.2 Å². The molecule has 0 N–H and O–H groups in total. The molecule has 1 unspecified atom stereocenters. The second-order valence-corrected chi connectivity index (χ2v) is 9.13. The van der Waals surface area contributed by atoms with Crippen molar-refractivity contribution in [1.82, 2.24) is 4.90 Å². The van der Waals surface area contributed by atoms with Gasteiger partial charge in [-0.2, -0.15) is 0 Å². The van der Waals surface area contributed by atoms with Gasteiger partial charge in [-0.05, 0) is 72.9 Å². The number of aryl methyl sites for hydroxylation is 2. The van der Waals surface area contributed by atoms with Gasteiger partial charge in [-0.3, -0.25) is 14.9 Å². The highest BCUT2D eigenvalue weighted by atomic mass is 35.5. The maximum Gasteiger partial charge on any atom is 0.270 e. The normalized spacial score (nSPS) is 14.7. The number of carbonyl (C=O) groups is 1. The first kappa shape index (κ1) is 25.3. The number of benzene rings is 3. The highest BCUT2D eigenvalue weighted by Crippen LogP contribution is 2.39. The average molecular weight is 511 g/mol. The third-order valence-electron chi connectivity index (χ3n) is 6.26. The van der Waals surface area contributed by atoms with Crippen LogP contribution in [0.2, 0.25) is 5.02 Å². The number of amides is 1. The van der Waals surface area contributed by atoms with Crippen LogP contribution in [0.25, 0.3) is 0 Å². The molecule has 0 fully saturated rings. The SMILES string of the molecule is COc1cc2c(cc1OC)C(COc1cc(C)cc(C)c1)N(C(=O)c1cc([N+](=O)[O-])ccc1Cl)CC2. The molecule has 1 aliphatic rings. The molecule has 188 valence electrons. The van der Waals surface area contributed by atoms with Crippen LogP contribution >= 0.6 is 11.6 Å². The largest absolute Gasteiger partial charge is 0.493 e. The fraction of sp³-hybridized carbons (Fsp3) is 0.296. The average Bonchev–Trinajstić information content (AvgIpc) is 2.85. The molecule has 0 spiro atoms. The van der Waals surface area contributed by atoms with Crippen molar-refractivity contribution in [2.24, 2.45) is 0 Å². The molecule has 3 aromatic carbocycles. The van der Waals surface area contributed by atoms with Gasteiger partial charge in [0, 0.05) is 18.7 Å². The Kier molecular flexibility index (Phi) is 7.35. The zero-order valence-corrected chi connectivity index (χ0v) is 21.3. The summed E-state index contributed by atoms with van der Waals surface area (Å²) in [5, 5.41) is 11.5. The van der Waals surface area contributed by atoms with E-state index in [1.54, 1.807) is 19.1 Å². The predicted octanol–water partition coefficient (Wildman–Crippen LogP) is 5.70. The lowest BCUT2D eigenvalue weighted by molar-refractivity contribution is -0.384. The molecule has 3 aromatic rings. The van der Waals surface area contributed by atoms with Gasteiger partial charge < -0.3 is 19.1 Å². The first-order valence-corrected chi connectivity index (χ1v) is 11.8. The van der Waals surface area contributed by atoms with Crippen molar-refractivity contribution in [1.29, 1.82) is 0 Å². The summed E-state index contributed by atoms with van der Waals surface area (Å²) < 4.78 is 17.2. The van der Waals surface area contributed by atoms with Crippen molar-refractivity contribution < 1.29 is 23.9 Å². The third-order valence-corrected chi connectivity index (χ3v) is 6.59. The van der Waals surface area contributed by atoms with Gasteiger partial charge in [0.15, 0.2) is 11.5 Å². The van der Waals surface area contributed by atoms with Crippen LogP contribution in [0.1, 0.15) is 38.7 Å². The van der Waals surface area contributed by atoms with E-state index in [0.29, 0.717) is 30.2 Å². The van der Waals surface area contributed by atoms with Crippen LogP contribution in [0.4, 0.5) is 5.69 Å². The monoisotopic (exact) mass is 510 g/mol. The van der Waals surface area contributed by atoms with E-state index >= 15 is 0 Å². The first-order chi connectivity index (χ1) is 17.2. The van der Waals surface area contributed by atoms with E-state index in [1.165, 1.54) is 18.2 Å². The Hall–Kier alpha value is -3.78. The van der Waals surface area contributed by atoms with Gasteiger partial charge in [-0.15, -0.1) is 0 Å². The quantitative estimate of drug-likeness (QED) is 0.299. The van der Waals surface area contributed by atoms with E-state index < -0.39 is 16.9 Å². The van der Waals surface area contributed by atoms with Crippen molar-refractivity contribution >= 4 is 23.2 Å². The summed E-state index contributed by atoms with van der Waals surface area (Å²) in [6.45, 7) is 4.53. The lowest BCUT2D eigenvalue weighted by Crippen LogP contribution is -2.42. The number of carbonyl (C=O) groups excluding carboxylic acids is 1. The van der Waals surface area contributed by atoms with Crippen LogP contribution in [0.3, 0.4) is 0 Å². The summed E-state index contributed by atoms with van der Waals surface area (Å²) in [4.78, 5) is 26.2. The fourth-order valence-corrected chi connectivity index (χ4v) is 4.79. The number of halogens is 1. The molecule has 0 saturated carbocycles. The molecular formula is C27H27ClN2O6. The minimum Gasteiger partial charge on any atom is -0.493 e. The highest BCUT2D eigenvalue weighted by molar-refractivity contribution is 6.34. The maximum atomic E-state index is 13.7. The van der Waals surface area contributed by atoms with Crippen LogP contribution in [-0.2, 0) is 6.42 Å². The number of hydrogen-bond donors (Lipinski definition) is 0. The number of methoxy groups -OCH3 is 2.